The molecule has 0 amide bonds. The number of aliphatic hydroxyl groups excluding tert-OH is 2. The lowest BCUT2D eigenvalue weighted by Crippen LogP contribution is -2.60. The highest BCUT2D eigenvalue weighted by atomic mass is 16.7. The molecule has 2 aromatic rings. The number of non-ortho nitro benzene ring substituents is 1. The maximum absolute atomic E-state index is 14.5. The third kappa shape index (κ3) is 13.3. The number of ketones is 1. The molecular formula is C49H79N7O12. The highest BCUT2D eigenvalue weighted by Gasteiger charge is 2.51. The van der Waals surface area contributed by atoms with Gasteiger partial charge in [0.25, 0.3) is 5.69 Å². The van der Waals surface area contributed by atoms with Crippen molar-refractivity contribution < 1.29 is 53.6 Å². The summed E-state index contributed by atoms with van der Waals surface area (Å²) >= 11 is 0. The Morgan fingerprint density at radius 1 is 1.01 bits per heavy atom. The van der Waals surface area contributed by atoms with Crippen LogP contribution in [0.25, 0.3) is 0 Å². The zero-order valence-corrected chi connectivity index (χ0v) is 42.2. The summed E-state index contributed by atoms with van der Waals surface area (Å²) < 4.78 is 27.1. The molecule has 3 fully saturated rings. The van der Waals surface area contributed by atoms with Crippen molar-refractivity contribution in [3.05, 3.63) is 51.8 Å². The van der Waals surface area contributed by atoms with E-state index in [1.807, 2.05) is 32.0 Å². The molecule has 3 heterocycles. The number of benzene rings is 1. The van der Waals surface area contributed by atoms with E-state index in [1.165, 1.54) is 26.2 Å². The zero-order chi connectivity index (χ0) is 50.1. The quantitative estimate of drug-likeness (QED) is 0.0879. The smallest absolute Gasteiger partial charge is 0.316 e. The number of aryl methyl sites for hydroxylation is 2. The van der Waals surface area contributed by atoms with Crippen molar-refractivity contribution in [1.82, 2.24) is 24.8 Å². The first-order valence-electron chi connectivity index (χ1n) is 24.6. The number of carbonyl (C=O) groups excluding carboxylic acids is 2. The van der Waals surface area contributed by atoms with Gasteiger partial charge in [-0.3, -0.25) is 24.4 Å². The van der Waals surface area contributed by atoms with Crippen LogP contribution in [0.2, 0.25) is 0 Å². The van der Waals surface area contributed by atoms with Crippen LogP contribution in [0, 0.1) is 27.9 Å². The lowest BCUT2D eigenvalue weighted by molar-refractivity contribution is -0.384. The highest BCUT2D eigenvalue weighted by molar-refractivity contribution is 6.00. The number of cyclic esters (lactones) is 1. The Labute approximate surface area is 402 Å². The number of hydrogen-bond acceptors (Lipinski definition) is 17. The molecule has 1 aromatic carbocycles. The fourth-order valence-corrected chi connectivity index (χ4v) is 10.1. The molecule has 1 aromatic heterocycles. The number of likely N-dealkylation sites (N-methyl/N-ethyl adjacent to an activating group) is 1. The number of methoxy groups -OCH3 is 1. The summed E-state index contributed by atoms with van der Waals surface area (Å²) in [6, 6.07) is 6.48. The molecule has 1 saturated carbocycles. The topological polar surface area (TPSA) is 234 Å². The first kappa shape index (κ1) is 55.0. The number of ether oxygens (including phenoxy) is 4. The maximum Gasteiger partial charge on any atom is 0.316 e. The van der Waals surface area contributed by atoms with Crippen molar-refractivity contribution >= 4 is 23.2 Å². The Bertz CT molecular complexity index is 1980. The average molecular weight is 958 g/mol. The molecule has 0 spiro atoms. The zero-order valence-electron chi connectivity index (χ0n) is 42.2. The molecular weight excluding hydrogens is 879 g/mol. The van der Waals surface area contributed by atoms with Gasteiger partial charge >= 0.3 is 5.97 Å². The van der Waals surface area contributed by atoms with Crippen LogP contribution in [-0.4, -0.2) is 163 Å². The van der Waals surface area contributed by atoms with Gasteiger partial charge in [0.05, 0.1) is 40.2 Å². The fourth-order valence-electron chi connectivity index (χ4n) is 10.1. The Morgan fingerprint density at radius 3 is 2.29 bits per heavy atom. The maximum atomic E-state index is 14.5. The second-order valence-corrected chi connectivity index (χ2v) is 20.0. The summed E-state index contributed by atoms with van der Waals surface area (Å²) in [5.41, 5.74) is -0.900. The first-order chi connectivity index (χ1) is 32.2. The lowest BCUT2D eigenvalue weighted by Gasteiger charge is -2.47. The number of nitro benzene ring substituents is 1. The summed E-state index contributed by atoms with van der Waals surface area (Å²) in [5, 5.41) is 60.6. The van der Waals surface area contributed by atoms with E-state index in [4.69, 9.17) is 28.9 Å². The molecule has 19 heteroatoms. The minimum absolute atomic E-state index is 0.0410. The van der Waals surface area contributed by atoms with E-state index in [9.17, 15) is 35.0 Å². The molecule has 2 saturated heterocycles. The van der Waals surface area contributed by atoms with Crippen molar-refractivity contribution in [3.63, 3.8) is 0 Å². The number of nitro groups is 1. The number of Topliss-reactive ketones (excluding diaryl/α,β-unsaturated/α-hetero) is 1. The van der Waals surface area contributed by atoms with Crippen molar-refractivity contribution in [2.45, 2.75) is 192 Å². The van der Waals surface area contributed by atoms with Gasteiger partial charge in [0, 0.05) is 68.9 Å². The van der Waals surface area contributed by atoms with Gasteiger partial charge in [0.1, 0.15) is 29.8 Å². The predicted octanol–water partition coefficient (Wildman–Crippen LogP) is 4.90. The monoisotopic (exact) mass is 958 g/mol. The van der Waals surface area contributed by atoms with E-state index < -0.39 is 82.4 Å². The van der Waals surface area contributed by atoms with Crippen LogP contribution in [-0.2, 0) is 52.8 Å². The minimum Gasteiger partial charge on any atom is -0.459 e. The van der Waals surface area contributed by atoms with Gasteiger partial charge in [-0.1, -0.05) is 50.2 Å². The van der Waals surface area contributed by atoms with Crippen LogP contribution in [0.15, 0.2) is 35.6 Å². The number of hydrogen-bond donors (Lipinski definition) is 3. The van der Waals surface area contributed by atoms with Crippen molar-refractivity contribution in [2.75, 3.05) is 34.8 Å². The molecule has 3 N–H and O–H groups in total. The van der Waals surface area contributed by atoms with Gasteiger partial charge in [-0.2, -0.15) is 0 Å². The van der Waals surface area contributed by atoms with Crippen LogP contribution in [0.1, 0.15) is 118 Å². The van der Waals surface area contributed by atoms with E-state index in [1.54, 1.807) is 44.5 Å². The second-order valence-electron chi connectivity index (χ2n) is 20.0. The molecule has 2 aliphatic heterocycles. The minimum atomic E-state index is -1.87. The van der Waals surface area contributed by atoms with Gasteiger partial charge in [-0.05, 0) is 112 Å². The second kappa shape index (κ2) is 24.3. The van der Waals surface area contributed by atoms with Gasteiger partial charge in [-0.15, -0.1) is 5.10 Å². The molecule has 0 bridgehead atoms. The Balaban J connectivity index is 1.37. The molecule has 0 unspecified atom stereocenters. The number of rotatable bonds is 16. The molecule has 5 rings (SSSR count). The summed E-state index contributed by atoms with van der Waals surface area (Å²) in [7, 11) is 7.59. The summed E-state index contributed by atoms with van der Waals surface area (Å²) in [6.45, 7) is 13.2. The SMILES string of the molecule is CC[C@H]1OC(=O)[C@H](C)C(=O)[C@H](C)[C@@H](O[C@@H]2O[C@H](C)C[C@H](N(C)CCc3cn(CCc4ccc([N+](=O)[O-])cc4)nn3)[C@H]2O)[C@](C)(OC)CC/C(=N\OC2CCC(N(C)C)CC2)[C@H](C)[C@@H](O)[C@@]1(O)CC. The molecule has 1 aliphatic carbocycles. The third-order valence-corrected chi connectivity index (χ3v) is 15.1. The van der Waals surface area contributed by atoms with Crippen molar-refractivity contribution in [3.8, 4) is 0 Å². The molecule has 19 nitrogen and oxygen atoms in total. The van der Waals surface area contributed by atoms with Crippen LogP contribution in [0.4, 0.5) is 5.69 Å². The Kier molecular flexibility index (Phi) is 19.6. The van der Waals surface area contributed by atoms with E-state index in [0.717, 1.165) is 36.9 Å². The van der Waals surface area contributed by atoms with E-state index in [2.05, 4.69) is 29.3 Å². The third-order valence-electron chi connectivity index (χ3n) is 15.1. The largest absolute Gasteiger partial charge is 0.459 e. The Hall–Kier alpha value is -3.95. The molecule has 3 aliphatic rings. The fraction of sp³-hybridized carbons (Fsp3) is 0.776. The summed E-state index contributed by atoms with van der Waals surface area (Å²) in [5.74, 6) is -4.32. The lowest BCUT2D eigenvalue weighted by atomic mass is 9.75. The number of esters is 1. The normalized spacial score (nSPS) is 35.3. The van der Waals surface area contributed by atoms with Gasteiger partial charge < -0.3 is 48.9 Å². The van der Waals surface area contributed by atoms with Gasteiger partial charge in [-0.25, -0.2) is 0 Å². The number of aliphatic hydroxyl groups is 3. The van der Waals surface area contributed by atoms with E-state index >= 15 is 0 Å². The van der Waals surface area contributed by atoms with Gasteiger partial charge in [0.15, 0.2) is 12.1 Å². The Morgan fingerprint density at radius 2 is 1.69 bits per heavy atom. The average Bonchev–Trinajstić information content (AvgIpc) is 3.80. The van der Waals surface area contributed by atoms with Crippen molar-refractivity contribution in [2.24, 2.45) is 22.9 Å². The molecule has 12 atom stereocenters. The standard InChI is InChI=1S/C49H79N7O12/c1-12-41-49(61,13-2)44(59)31(4)39(51-68-38-20-18-36(19-21-38)53(8)9)22-25-48(7,64-11)45(32(5)42(57)33(6)46(60)66-41)67-47-43(58)40(28-30(3)65-47)54(10)26-24-35-29-55(52-50-35)27-23-34-14-16-37(17-15-34)56(62)63/h14-17,29-33,36,38,40-41,43-45,47,58-59,61H,12-13,18-28H2,1-11H3/b51-39+/t30-,31+,32+,33-,36?,38?,40+,41-,43-,44-,45-,47+,48-,49-/m1/s1. The highest BCUT2D eigenvalue weighted by Crippen LogP contribution is 2.38. The van der Waals surface area contributed by atoms with E-state index in [-0.39, 0.29) is 43.6 Å². The van der Waals surface area contributed by atoms with Crippen LogP contribution in [0.5, 0.6) is 0 Å². The van der Waals surface area contributed by atoms with Crippen LogP contribution < -0.4 is 0 Å². The van der Waals surface area contributed by atoms with Crippen LogP contribution in [0.3, 0.4) is 0 Å². The van der Waals surface area contributed by atoms with Crippen molar-refractivity contribution in [1.29, 1.82) is 0 Å². The first-order valence-corrected chi connectivity index (χ1v) is 24.6. The number of nitrogens with zero attached hydrogens (tertiary/aromatic N) is 7. The van der Waals surface area contributed by atoms with E-state index in [0.29, 0.717) is 44.1 Å². The molecule has 68 heavy (non-hydrogen) atoms. The molecule has 0 radical (unpaired) electrons. The predicted molar refractivity (Wildman–Crippen MR) is 254 cm³/mol. The number of oxime groups is 1. The molecule has 382 valence electrons. The number of carbonyl (C=O) groups is 2. The summed E-state index contributed by atoms with van der Waals surface area (Å²) in [4.78, 5) is 49.5. The number of aromatic nitrogens is 3. The summed E-state index contributed by atoms with van der Waals surface area (Å²) in [6.07, 6.45) is 1.26. The van der Waals surface area contributed by atoms with Crippen LogP contribution >= 0.6 is 0 Å². The van der Waals surface area contributed by atoms with Gasteiger partial charge in [0.2, 0.25) is 0 Å².